The molecular formula is C14H13ClN4O4. The predicted octanol–water partition coefficient (Wildman–Crippen LogP) is 3.21. The summed E-state index contributed by atoms with van der Waals surface area (Å²) in [6.07, 6.45) is 1.40. The fourth-order valence-corrected chi connectivity index (χ4v) is 1.77. The van der Waals surface area contributed by atoms with Crippen LogP contribution in [0.15, 0.2) is 35.6 Å². The highest BCUT2D eigenvalue weighted by Crippen LogP contribution is 2.27. The monoisotopic (exact) mass is 336 g/mol. The number of carbonyl (C=O) groups is 1. The Morgan fingerprint density at radius 1 is 1.35 bits per heavy atom. The second kappa shape index (κ2) is 8.04. The number of ether oxygens (including phenoxy) is 2. The van der Waals surface area contributed by atoms with Crippen molar-refractivity contribution in [2.75, 3.05) is 19.0 Å². The van der Waals surface area contributed by atoms with Crippen LogP contribution in [0.5, 0.6) is 5.75 Å². The van der Waals surface area contributed by atoms with Crippen molar-refractivity contribution in [3.05, 3.63) is 40.7 Å². The number of aromatic nitrogens is 2. The quantitative estimate of drug-likeness (QED) is 0.470. The molecule has 9 heteroatoms. The summed E-state index contributed by atoms with van der Waals surface area (Å²) in [7, 11) is 1.32. The van der Waals surface area contributed by atoms with Crippen molar-refractivity contribution < 1.29 is 14.3 Å². The highest BCUT2D eigenvalue weighted by molar-refractivity contribution is 6.28. The molecule has 0 saturated carbocycles. The van der Waals surface area contributed by atoms with Gasteiger partial charge in [-0.2, -0.15) is 4.98 Å². The zero-order chi connectivity index (χ0) is 16.7. The number of nitrogens with zero attached hydrogens (tertiary/aromatic N) is 3. The Balaban J connectivity index is 1.99. The first-order chi connectivity index (χ1) is 11.1. The van der Waals surface area contributed by atoms with Gasteiger partial charge in [0.2, 0.25) is 5.28 Å². The molecule has 2 rings (SSSR count). The lowest BCUT2D eigenvalue weighted by Crippen LogP contribution is -2.07. The molecule has 0 bridgehead atoms. The summed E-state index contributed by atoms with van der Waals surface area (Å²) in [5.41, 5.74) is 0.706. The SMILES string of the molecule is COC(=O)CCOc1ccc(Nc2nc(Cl)ncc2N=O)cc1. The summed E-state index contributed by atoms with van der Waals surface area (Å²) in [5.74, 6) is 0.464. The summed E-state index contributed by atoms with van der Waals surface area (Å²) in [6.45, 7) is 0.222. The molecule has 1 heterocycles. The predicted molar refractivity (Wildman–Crippen MR) is 84.3 cm³/mol. The van der Waals surface area contributed by atoms with E-state index in [1.54, 1.807) is 24.3 Å². The topological polar surface area (TPSA) is 103 Å². The number of methoxy groups -OCH3 is 1. The molecular weight excluding hydrogens is 324 g/mol. The van der Waals surface area contributed by atoms with Gasteiger partial charge >= 0.3 is 5.97 Å². The van der Waals surface area contributed by atoms with Gasteiger partial charge in [-0.05, 0) is 41.0 Å². The van der Waals surface area contributed by atoms with E-state index in [0.717, 1.165) is 0 Å². The van der Waals surface area contributed by atoms with Gasteiger partial charge in [0.1, 0.15) is 5.75 Å². The number of benzene rings is 1. The van der Waals surface area contributed by atoms with Crippen molar-refractivity contribution in [2.24, 2.45) is 5.18 Å². The van der Waals surface area contributed by atoms with Gasteiger partial charge in [0.05, 0.1) is 26.3 Å². The second-order valence-corrected chi connectivity index (χ2v) is 4.63. The van der Waals surface area contributed by atoms with Crippen LogP contribution in [0.3, 0.4) is 0 Å². The van der Waals surface area contributed by atoms with Crippen molar-refractivity contribution in [1.82, 2.24) is 9.97 Å². The van der Waals surface area contributed by atoms with E-state index in [1.807, 2.05) is 0 Å². The minimum Gasteiger partial charge on any atom is -0.493 e. The van der Waals surface area contributed by atoms with Crippen LogP contribution in [0.2, 0.25) is 5.28 Å². The Kier molecular flexibility index (Phi) is 5.81. The Labute approximate surface area is 136 Å². The summed E-state index contributed by atoms with van der Waals surface area (Å²) in [4.78, 5) is 29.3. The van der Waals surface area contributed by atoms with Gasteiger partial charge in [0.15, 0.2) is 11.5 Å². The van der Waals surface area contributed by atoms with Crippen LogP contribution < -0.4 is 10.1 Å². The Morgan fingerprint density at radius 3 is 2.74 bits per heavy atom. The highest BCUT2D eigenvalue weighted by Gasteiger charge is 2.07. The van der Waals surface area contributed by atoms with Gasteiger partial charge in [-0.15, -0.1) is 4.91 Å². The second-order valence-electron chi connectivity index (χ2n) is 4.29. The number of hydrogen-bond acceptors (Lipinski definition) is 8. The lowest BCUT2D eigenvalue weighted by atomic mass is 10.3. The van der Waals surface area contributed by atoms with Gasteiger partial charge in [-0.25, -0.2) is 4.98 Å². The minimum absolute atomic E-state index is 0.00247. The number of anilines is 2. The number of nitrogens with one attached hydrogen (secondary N) is 1. The molecule has 8 nitrogen and oxygen atoms in total. The summed E-state index contributed by atoms with van der Waals surface area (Å²) in [6, 6.07) is 6.85. The first-order valence-corrected chi connectivity index (χ1v) is 6.93. The average molecular weight is 337 g/mol. The largest absolute Gasteiger partial charge is 0.493 e. The Hall–Kier alpha value is -2.74. The lowest BCUT2D eigenvalue weighted by Gasteiger charge is -2.09. The Morgan fingerprint density at radius 2 is 2.09 bits per heavy atom. The van der Waals surface area contributed by atoms with E-state index in [2.05, 4.69) is 25.2 Å². The summed E-state index contributed by atoms with van der Waals surface area (Å²) in [5, 5.41) is 5.74. The van der Waals surface area contributed by atoms with E-state index in [9.17, 15) is 9.70 Å². The fourth-order valence-electron chi connectivity index (χ4n) is 1.64. The molecule has 1 N–H and O–H groups in total. The summed E-state index contributed by atoms with van der Waals surface area (Å²) >= 11 is 5.70. The zero-order valence-corrected chi connectivity index (χ0v) is 12.9. The average Bonchev–Trinajstić information content (AvgIpc) is 2.56. The molecule has 1 aromatic heterocycles. The molecule has 0 aliphatic rings. The number of carbonyl (C=O) groups excluding carboxylic acids is 1. The maximum Gasteiger partial charge on any atom is 0.308 e. The first kappa shape index (κ1) is 16.6. The third kappa shape index (κ3) is 4.89. The Bertz CT molecular complexity index is 694. The van der Waals surface area contributed by atoms with Crippen LogP contribution in [0, 0.1) is 4.91 Å². The third-order valence-electron chi connectivity index (χ3n) is 2.76. The fraction of sp³-hybridized carbons (Fsp3) is 0.214. The van der Waals surface area contributed by atoms with Crippen LogP contribution in [-0.4, -0.2) is 29.7 Å². The van der Waals surface area contributed by atoms with Gasteiger partial charge in [-0.1, -0.05) is 0 Å². The molecule has 0 radical (unpaired) electrons. The van der Waals surface area contributed by atoms with Crippen molar-refractivity contribution in [3.8, 4) is 5.75 Å². The first-order valence-electron chi connectivity index (χ1n) is 6.55. The molecule has 0 spiro atoms. The van der Waals surface area contributed by atoms with Crippen LogP contribution in [-0.2, 0) is 9.53 Å². The van der Waals surface area contributed by atoms with E-state index in [0.29, 0.717) is 11.4 Å². The molecule has 2 aromatic rings. The molecule has 0 aliphatic heterocycles. The zero-order valence-electron chi connectivity index (χ0n) is 12.2. The summed E-state index contributed by atoms with van der Waals surface area (Å²) < 4.78 is 9.92. The van der Waals surface area contributed by atoms with Gasteiger partial charge in [-0.3, -0.25) is 4.79 Å². The standard InChI is InChI=1S/C14H13ClN4O4/c1-22-12(20)6-7-23-10-4-2-9(3-5-10)17-13-11(19-21)8-16-14(15)18-13/h2-5,8H,6-7H2,1H3,(H,16,17,18). The number of esters is 1. The van der Waals surface area contributed by atoms with Gasteiger partial charge in [0, 0.05) is 5.69 Å². The van der Waals surface area contributed by atoms with Crippen molar-refractivity contribution in [3.63, 3.8) is 0 Å². The number of halogens is 1. The van der Waals surface area contributed by atoms with E-state index in [4.69, 9.17) is 16.3 Å². The molecule has 0 unspecified atom stereocenters. The molecule has 23 heavy (non-hydrogen) atoms. The number of rotatable bonds is 7. The minimum atomic E-state index is -0.335. The maximum absolute atomic E-state index is 11.0. The van der Waals surface area contributed by atoms with Crippen LogP contribution >= 0.6 is 11.6 Å². The molecule has 0 amide bonds. The van der Waals surface area contributed by atoms with E-state index >= 15 is 0 Å². The van der Waals surface area contributed by atoms with Crippen molar-refractivity contribution in [2.45, 2.75) is 6.42 Å². The highest BCUT2D eigenvalue weighted by atomic mass is 35.5. The van der Waals surface area contributed by atoms with E-state index in [-0.39, 0.29) is 35.8 Å². The molecule has 0 aliphatic carbocycles. The smallest absolute Gasteiger partial charge is 0.308 e. The van der Waals surface area contributed by atoms with Crippen molar-refractivity contribution >= 4 is 34.8 Å². The number of hydrogen-bond donors (Lipinski definition) is 1. The lowest BCUT2D eigenvalue weighted by molar-refractivity contribution is -0.141. The van der Waals surface area contributed by atoms with Crippen LogP contribution in [0.4, 0.5) is 17.2 Å². The van der Waals surface area contributed by atoms with E-state index in [1.165, 1.54) is 13.3 Å². The molecule has 0 saturated heterocycles. The van der Waals surface area contributed by atoms with E-state index < -0.39 is 0 Å². The molecule has 0 fully saturated rings. The third-order valence-corrected chi connectivity index (χ3v) is 2.94. The van der Waals surface area contributed by atoms with Gasteiger partial charge < -0.3 is 14.8 Å². The number of nitroso groups, excluding NO2 is 1. The molecule has 120 valence electrons. The molecule has 0 atom stereocenters. The van der Waals surface area contributed by atoms with Crippen LogP contribution in [0.25, 0.3) is 0 Å². The normalized spacial score (nSPS) is 10.0. The maximum atomic E-state index is 11.0. The van der Waals surface area contributed by atoms with Crippen LogP contribution in [0.1, 0.15) is 6.42 Å². The van der Waals surface area contributed by atoms with Gasteiger partial charge in [0.25, 0.3) is 0 Å². The molecule has 1 aromatic carbocycles. The van der Waals surface area contributed by atoms with Crippen molar-refractivity contribution in [1.29, 1.82) is 0 Å².